The molecule has 0 aliphatic rings. The molecule has 0 saturated carbocycles. The van der Waals surface area contributed by atoms with Gasteiger partial charge in [-0.2, -0.15) is 5.10 Å². The Morgan fingerprint density at radius 1 is 0.850 bits per heavy atom. The van der Waals surface area contributed by atoms with Crippen LogP contribution in [0.2, 0.25) is 0 Å². The third kappa shape index (κ3) is 7.98. The number of carbonyl (C=O) groups is 1. The molecule has 0 aliphatic heterocycles. The molecule has 0 unspecified atom stereocenters. The molecule has 206 valence electrons. The molecule has 0 fully saturated rings. The molecule has 4 aromatic rings. The van der Waals surface area contributed by atoms with Crippen molar-refractivity contribution in [1.82, 2.24) is 5.43 Å². The van der Waals surface area contributed by atoms with Gasteiger partial charge < -0.3 is 18.9 Å². The molecular weight excluding hydrogens is 619 g/mol. The lowest BCUT2D eigenvalue weighted by Crippen LogP contribution is -2.17. The first-order chi connectivity index (χ1) is 19.5. The smallest absolute Gasteiger partial charge is 0.271 e. The number of amides is 1. The number of rotatable bonds is 12. The van der Waals surface area contributed by atoms with E-state index < -0.39 is 0 Å². The summed E-state index contributed by atoms with van der Waals surface area (Å²) in [5.41, 5.74) is 7.04. The fourth-order valence-corrected chi connectivity index (χ4v) is 4.58. The zero-order valence-electron chi connectivity index (χ0n) is 22.6. The van der Waals surface area contributed by atoms with E-state index >= 15 is 0 Å². The number of hydrogen-bond acceptors (Lipinski definition) is 6. The van der Waals surface area contributed by atoms with Crippen molar-refractivity contribution in [3.05, 3.63) is 116 Å². The summed E-state index contributed by atoms with van der Waals surface area (Å²) in [5.74, 6) is 1.93. The molecule has 0 heterocycles. The van der Waals surface area contributed by atoms with Crippen molar-refractivity contribution in [3.63, 3.8) is 0 Å². The van der Waals surface area contributed by atoms with E-state index in [1.807, 2.05) is 61.5 Å². The summed E-state index contributed by atoms with van der Waals surface area (Å²) in [6, 6.07) is 26.8. The van der Waals surface area contributed by atoms with E-state index in [2.05, 4.69) is 52.2 Å². The number of ether oxygens (including phenoxy) is 4. The van der Waals surface area contributed by atoms with E-state index in [1.54, 1.807) is 31.5 Å². The number of hydrazone groups is 1. The summed E-state index contributed by atoms with van der Waals surface area (Å²) in [6.07, 6.45) is 1.56. The Balaban J connectivity index is 1.40. The van der Waals surface area contributed by atoms with Crippen LogP contribution in [0, 0.1) is 10.5 Å². The van der Waals surface area contributed by atoms with Crippen molar-refractivity contribution in [3.8, 4) is 23.0 Å². The largest absolute Gasteiger partial charge is 0.493 e. The predicted octanol–water partition coefficient (Wildman–Crippen LogP) is 6.93. The molecule has 0 aliphatic carbocycles. The van der Waals surface area contributed by atoms with Gasteiger partial charge in [0, 0.05) is 5.56 Å². The highest BCUT2D eigenvalue weighted by atomic mass is 127. The van der Waals surface area contributed by atoms with Gasteiger partial charge in [-0.3, -0.25) is 4.79 Å². The standard InChI is InChI=1S/C32H31IN2O5/c1-4-38-29-18-26(14-15-28(29)39-20-23-8-6-5-7-9-23)32(36)35-34-19-25-16-27(33)31(30(17-25)37-3)40-21-24-12-10-22(2)11-13-24/h5-19H,4,20-21H2,1-3H3,(H,35,36)/b34-19+. The van der Waals surface area contributed by atoms with E-state index in [9.17, 15) is 4.79 Å². The van der Waals surface area contributed by atoms with Crippen LogP contribution in [0.5, 0.6) is 23.0 Å². The van der Waals surface area contributed by atoms with E-state index in [0.717, 1.165) is 20.3 Å². The molecule has 1 amide bonds. The maximum Gasteiger partial charge on any atom is 0.271 e. The second-order valence-electron chi connectivity index (χ2n) is 8.88. The zero-order chi connectivity index (χ0) is 28.3. The highest BCUT2D eigenvalue weighted by Gasteiger charge is 2.13. The summed E-state index contributed by atoms with van der Waals surface area (Å²) >= 11 is 2.20. The van der Waals surface area contributed by atoms with Crippen LogP contribution in [0.3, 0.4) is 0 Å². The second-order valence-corrected chi connectivity index (χ2v) is 10.0. The number of methoxy groups -OCH3 is 1. The van der Waals surface area contributed by atoms with Gasteiger partial charge in [0.2, 0.25) is 0 Å². The third-order valence-electron chi connectivity index (χ3n) is 5.88. The molecule has 0 bridgehead atoms. The molecule has 4 aromatic carbocycles. The van der Waals surface area contributed by atoms with Crippen molar-refractivity contribution in [2.45, 2.75) is 27.1 Å². The van der Waals surface area contributed by atoms with Crippen molar-refractivity contribution in [2.24, 2.45) is 5.10 Å². The molecule has 0 aromatic heterocycles. The third-order valence-corrected chi connectivity index (χ3v) is 6.68. The predicted molar refractivity (Wildman–Crippen MR) is 165 cm³/mol. The van der Waals surface area contributed by atoms with Crippen LogP contribution in [0.15, 0.2) is 90.0 Å². The first-order valence-corrected chi connectivity index (χ1v) is 13.9. The molecule has 7 nitrogen and oxygen atoms in total. The minimum absolute atomic E-state index is 0.369. The Bertz CT molecular complexity index is 1460. The molecule has 0 saturated heterocycles. The lowest BCUT2D eigenvalue weighted by atomic mass is 10.1. The molecular formula is C32H31IN2O5. The fraction of sp³-hybridized carbons (Fsp3) is 0.188. The topological polar surface area (TPSA) is 78.4 Å². The quantitative estimate of drug-likeness (QED) is 0.102. The number of carbonyl (C=O) groups excluding carboxylic acids is 1. The van der Waals surface area contributed by atoms with Crippen LogP contribution in [-0.2, 0) is 13.2 Å². The summed E-state index contributed by atoms with van der Waals surface area (Å²) < 4.78 is 24.1. The van der Waals surface area contributed by atoms with Crippen LogP contribution in [0.4, 0.5) is 0 Å². The normalized spacial score (nSPS) is 10.8. The van der Waals surface area contributed by atoms with Gasteiger partial charge in [0.1, 0.15) is 13.2 Å². The zero-order valence-corrected chi connectivity index (χ0v) is 24.8. The Morgan fingerprint density at radius 2 is 1.57 bits per heavy atom. The van der Waals surface area contributed by atoms with Gasteiger partial charge in [-0.05, 0) is 83.5 Å². The summed E-state index contributed by atoms with van der Waals surface area (Å²) in [4.78, 5) is 12.8. The Labute approximate surface area is 248 Å². The van der Waals surface area contributed by atoms with E-state index in [1.165, 1.54) is 5.56 Å². The number of halogens is 1. The van der Waals surface area contributed by atoms with Crippen LogP contribution in [0.25, 0.3) is 0 Å². The molecule has 0 atom stereocenters. The average molecular weight is 651 g/mol. The van der Waals surface area contributed by atoms with E-state index in [4.69, 9.17) is 18.9 Å². The van der Waals surface area contributed by atoms with Gasteiger partial charge >= 0.3 is 0 Å². The Kier molecular flexibility index (Phi) is 10.4. The number of hydrogen-bond donors (Lipinski definition) is 1. The molecule has 0 radical (unpaired) electrons. The van der Waals surface area contributed by atoms with Crippen LogP contribution in [0.1, 0.15) is 39.5 Å². The van der Waals surface area contributed by atoms with Gasteiger partial charge in [0.25, 0.3) is 5.91 Å². The minimum Gasteiger partial charge on any atom is -0.493 e. The minimum atomic E-state index is -0.369. The molecule has 40 heavy (non-hydrogen) atoms. The van der Waals surface area contributed by atoms with Gasteiger partial charge in [0.15, 0.2) is 23.0 Å². The Hall–Kier alpha value is -4.05. The highest BCUT2D eigenvalue weighted by Crippen LogP contribution is 2.34. The van der Waals surface area contributed by atoms with E-state index in [0.29, 0.717) is 48.4 Å². The van der Waals surface area contributed by atoms with Crippen molar-refractivity contribution in [1.29, 1.82) is 0 Å². The average Bonchev–Trinajstić information content (AvgIpc) is 2.97. The number of benzene rings is 4. The van der Waals surface area contributed by atoms with Crippen LogP contribution < -0.4 is 24.4 Å². The van der Waals surface area contributed by atoms with Gasteiger partial charge in [-0.25, -0.2) is 5.43 Å². The second kappa shape index (κ2) is 14.4. The maximum absolute atomic E-state index is 12.8. The summed E-state index contributed by atoms with van der Waals surface area (Å²) in [7, 11) is 1.59. The maximum atomic E-state index is 12.8. The summed E-state index contributed by atoms with van der Waals surface area (Å²) in [6.45, 7) is 5.20. The number of aryl methyl sites for hydroxylation is 1. The van der Waals surface area contributed by atoms with Gasteiger partial charge in [-0.1, -0.05) is 60.2 Å². The lowest BCUT2D eigenvalue weighted by molar-refractivity contribution is 0.0954. The fourth-order valence-electron chi connectivity index (χ4n) is 3.80. The van der Waals surface area contributed by atoms with Crippen molar-refractivity contribution >= 4 is 34.7 Å². The number of nitrogens with one attached hydrogen (secondary N) is 1. The van der Waals surface area contributed by atoms with Crippen molar-refractivity contribution in [2.75, 3.05) is 13.7 Å². The Morgan fingerprint density at radius 3 is 2.30 bits per heavy atom. The first kappa shape index (κ1) is 28.9. The molecule has 8 heteroatoms. The SMILES string of the molecule is CCOc1cc(C(=O)N/N=C/c2cc(I)c(OCc3ccc(C)cc3)c(OC)c2)ccc1OCc1ccccc1. The number of nitrogens with zero attached hydrogens (tertiary/aromatic N) is 1. The first-order valence-electron chi connectivity index (χ1n) is 12.8. The highest BCUT2D eigenvalue weighted by molar-refractivity contribution is 14.1. The van der Waals surface area contributed by atoms with Crippen molar-refractivity contribution < 1.29 is 23.7 Å². The monoisotopic (exact) mass is 650 g/mol. The lowest BCUT2D eigenvalue weighted by Gasteiger charge is -2.14. The molecule has 4 rings (SSSR count). The molecule has 1 N–H and O–H groups in total. The van der Waals surface area contributed by atoms with Gasteiger partial charge in [-0.15, -0.1) is 0 Å². The van der Waals surface area contributed by atoms with Crippen LogP contribution in [-0.4, -0.2) is 25.8 Å². The van der Waals surface area contributed by atoms with E-state index in [-0.39, 0.29) is 5.91 Å². The summed E-state index contributed by atoms with van der Waals surface area (Å²) in [5, 5.41) is 4.14. The van der Waals surface area contributed by atoms with Crippen LogP contribution >= 0.6 is 22.6 Å². The molecule has 0 spiro atoms. The van der Waals surface area contributed by atoms with Gasteiger partial charge in [0.05, 0.1) is 23.5 Å².